The second kappa shape index (κ2) is 20.8. The van der Waals surface area contributed by atoms with Crippen LogP contribution in [0, 0.1) is 28.8 Å². The molecule has 2 aliphatic heterocycles. The number of esters is 1. The molecule has 0 bridgehead atoms. The fraction of sp³-hybridized carbons (Fsp3) is 0.400. The van der Waals surface area contributed by atoms with Gasteiger partial charge in [-0.05, 0) is 64.2 Å². The summed E-state index contributed by atoms with van der Waals surface area (Å²) < 4.78 is 73.1. The molecule has 18 heteroatoms. The lowest BCUT2D eigenvalue weighted by Gasteiger charge is -2.40. The third-order valence-corrected chi connectivity index (χ3v) is 10.9. The van der Waals surface area contributed by atoms with E-state index in [1.165, 1.54) is 47.3 Å². The van der Waals surface area contributed by atoms with E-state index in [0.29, 0.717) is 30.8 Å². The minimum absolute atomic E-state index is 0.161. The monoisotopic (exact) mass is 824 g/mol. The predicted octanol–water partition coefficient (Wildman–Crippen LogP) is 5.36. The van der Waals surface area contributed by atoms with E-state index in [4.69, 9.17) is 28.9 Å². The molecule has 14 nitrogen and oxygen atoms in total. The van der Waals surface area contributed by atoms with Crippen LogP contribution in [-0.2, 0) is 45.4 Å². The van der Waals surface area contributed by atoms with Gasteiger partial charge in [0.15, 0.2) is 11.9 Å². The third kappa shape index (κ3) is 12.0. The van der Waals surface area contributed by atoms with Gasteiger partial charge in [0.25, 0.3) is 0 Å². The zero-order valence-corrected chi connectivity index (χ0v) is 32.9. The normalized spacial score (nSPS) is 19.3. The summed E-state index contributed by atoms with van der Waals surface area (Å²) in [5.41, 5.74) is -1.60. The molecule has 0 spiro atoms. The first-order chi connectivity index (χ1) is 27.9. The van der Waals surface area contributed by atoms with Crippen molar-refractivity contribution in [3.8, 4) is 6.07 Å². The largest absolute Gasteiger partial charge is 0.512 e. The Bertz CT molecular complexity index is 2010. The minimum atomic E-state index is -1.91. The van der Waals surface area contributed by atoms with Crippen LogP contribution in [0.1, 0.15) is 36.5 Å². The van der Waals surface area contributed by atoms with Gasteiger partial charge in [-0.1, -0.05) is 24.3 Å². The highest BCUT2D eigenvalue weighted by molar-refractivity contribution is 8.00. The molecule has 2 aliphatic rings. The highest BCUT2D eigenvalue weighted by Gasteiger charge is 2.47. The molecule has 2 aromatic carbocycles. The van der Waals surface area contributed by atoms with Crippen molar-refractivity contribution in [1.29, 1.82) is 5.26 Å². The summed E-state index contributed by atoms with van der Waals surface area (Å²) in [7, 11) is 3.97. The lowest BCUT2D eigenvalue weighted by molar-refractivity contribution is -0.149. The summed E-state index contributed by atoms with van der Waals surface area (Å²) in [5.74, 6) is -3.71. The molecule has 308 valence electrons. The van der Waals surface area contributed by atoms with Crippen LogP contribution in [0.5, 0.6) is 0 Å². The first kappa shape index (κ1) is 43.6. The number of nitrogens with zero attached hydrogens (tertiary/aromatic N) is 6. The van der Waals surface area contributed by atoms with E-state index in [2.05, 4.69) is 15.0 Å². The molecule has 5 rings (SSSR count). The summed E-state index contributed by atoms with van der Waals surface area (Å²) >= 11 is 1.24. The van der Waals surface area contributed by atoms with Crippen LogP contribution in [0.15, 0.2) is 79.4 Å². The van der Waals surface area contributed by atoms with Crippen LogP contribution in [0.25, 0.3) is 6.08 Å². The van der Waals surface area contributed by atoms with Crippen molar-refractivity contribution in [3.05, 3.63) is 114 Å². The molecule has 2 saturated heterocycles. The molecule has 2 fully saturated rings. The lowest BCUT2D eigenvalue weighted by Crippen LogP contribution is -2.47. The predicted molar refractivity (Wildman–Crippen MR) is 205 cm³/mol. The Morgan fingerprint density at radius 1 is 1.05 bits per heavy atom. The summed E-state index contributed by atoms with van der Waals surface area (Å²) in [4.78, 5) is 46.0. The number of ether oxygens (including phenoxy) is 5. The van der Waals surface area contributed by atoms with Crippen molar-refractivity contribution < 1.29 is 51.2 Å². The Balaban J connectivity index is 1.22. The van der Waals surface area contributed by atoms with Crippen molar-refractivity contribution in [2.45, 2.75) is 54.7 Å². The van der Waals surface area contributed by atoms with E-state index in [1.54, 1.807) is 30.1 Å². The first-order valence-corrected chi connectivity index (χ1v) is 19.2. The van der Waals surface area contributed by atoms with E-state index in [0.717, 1.165) is 43.2 Å². The number of thioether (sulfide) groups is 1. The van der Waals surface area contributed by atoms with Crippen molar-refractivity contribution in [3.63, 3.8) is 0 Å². The van der Waals surface area contributed by atoms with Crippen molar-refractivity contribution in [1.82, 2.24) is 24.6 Å². The van der Waals surface area contributed by atoms with Gasteiger partial charge in [-0.3, -0.25) is 4.79 Å². The highest BCUT2D eigenvalue weighted by atomic mass is 32.2. The third-order valence-electron chi connectivity index (χ3n) is 9.49. The smallest absolute Gasteiger partial charge is 0.425 e. The molecule has 0 aliphatic carbocycles. The number of halogens is 3. The van der Waals surface area contributed by atoms with Gasteiger partial charge in [-0.15, -0.1) is 11.8 Å². The van der Waals surface area contributed by atoms with Gasteiger partial charge in [0.2, 0.25) is 12.7 Å². The second-order valence-electron chi connectivity index (χ2n) is 13.6. The molecule has 2 unspecified atom stereocenters. The van der Waals surface area contributed by atoms with Crippen LogP contribution in [-0.4, -0.2) is 113 Å². The van der Waals surface area contributed by atoms with Gasteiger partial charge >= 0.3 is 12.1 Å². The molecular formula is C40H43F3N6O8S. The number of rotatable bonds is 15. The average Bonchev–Trinajstić information content (AvgIpc) is 3.72. The summed E-state index contributed by atoms with van der Waals surface area (Å²) in [5, 5.41) is 11.9. The minimum Gasteiger partial charge on any atom is -0.425 e. The van der Waals surface area contributed by atoms with Crippen LogP contribution < -0.4 is 0 Å². The van der Waals surface area contributed by atoms with Crippen LogP contribution in [0.2, 0.25) is 0 Å². The summed E-state index contributed by atoms with van der Waals surface area (Å²) in [6.45, 7) is 1.89. The van der Waals surface area contributed by atoms with Crippen molar-refractivity contribution in [2.24, 2.45) is 0 Å². The summed E-state index contributed by atoms with van der Waals surface area (Å²) in [6, 6.07) is 9.24. The van der Waals surface area contributed by atoms with E-state index >= 15 is 4.39 Å². The Morgan fingerprint density at radius 2 is 1.81 bits per heavy atom. The standard InChI is InChI=1S/C40H43F3N6O8S/c1-27(58-32-21-53-38(54-22-32)7-5-4-6-29-9-8-28(20-44)18-34(29)42)40(23-49-25-45-24-46-49,33-11-10-30(41)19-35(33)43)57-39(52)56-26-55-37(51)13-12-36(50)48-16-14-31(15-17-48)47(2)3/h4-13,18-19,24-25,27,31-32,38H,14-17,21-23,26H2,1-3H3. The maximum Gasteiger partial charge on any atom is 0.512 e. The van der Waals surface area contributed by atoms with Gasteiger partial charge < -0.3 is 33.5 Å². The Labute approximate surface area is 337 Å². The van der Waals surface area contributed by atoms with Crippen LogP contribution in [0.3, 0.4) is 0 Å². The van der Waals surface area contributed by atoms with E-state index < -0.39 is 53.5 Å². The molecule has 0 N–H and O–H groups in total. The molecule has 1 aromatic heterocycles. The number of amides is 1. The number of likely N-dealkylation sites (tertiary alicyclic amines) is 1. The maximum absolute atomic E-state index is 15.7. The molecule has 0 saturated carbocycles. The number of carbonyl (C=O) groups is 3. The van der Waals surface area contributed by atoms with Gasteiger partial charge in [-0.2, -0.15) is 10.4 Å². The number of allylic oxidation sites excluding steroid dienone is 2. The van der Waals surface area contributed by atoms with Gasteiger partial charge in [0, 0.05) is 53.7 Å². The number of carbonyl (C=O) groups excluding carboxylic acids is 3. The molecule has 3 aromatic rings. The van der Waals surface area contributed by atoms with Crippen LogP contribution >= 0.6 is 11.8 Å². The van der Waals surface area contributed by atoms with E-state index in [1.807, 2.05) is 20.2 Å². The van der Waals surface area contributed by atoms with Crippen molar-refractivity contribution >= 4 is 35.9 Å². The Morgan fingerprint density at radius 3 is 2.47 bits per heavy atom. The number of hydrogen-bond donors (Lipinski definition) is 0. The van der Waals surface area contributed by atoms with E-state index in [-0.39, 0.29) is 42.0 Å². The number of hydrogen-bond acceptors (Lipinski definition) is 13. The number of benzene rings is 2. The summed E-state index contributed by atoms with van der Waals surface area (Å²) in [6.07, 6.45) is 10.5. The van der Waals surface area contributed by atoms with Crippen molar-refractivity contribution in [2.75, 3.05) is 47.2 Å². The maximum atomic E-state index is 15.7. The zero-order valence-electron chi connectivity index (χ0n) is 32.0. The van der Waals surface area contributed by atoms with E-state index in [9.17, 15) is 23.2 Å². The topological polar surface area (TPSA) is 158 Å². The SMILES string of the molecule is CC(SC1COC(C=CC=Cc2ccc(C#N)cc2F)OC1)C(Cn1cncn1)(OC(=O)OCOC(=O)C=CC(=O)N1CCC(N(C)C)CC1)c1ccc(F)cc1F. The molecule has 3 heterocycles. The fourth-order valence-electron chi connectivity index (χ4n) is 6.33. The first-order valence-electron chi connectivity index (χ1n) is 18.2. The second-order valence-corrected chi connectivity index (χ2v) is 15.2. The molecule has 2 atom stereocenters. The number of aromatic nitrogens is 3. The van der Waals surface area contributed by atoms with Gasteiger partial charge in [0.05, 0.1) is 36.6 Å². The molecule has 1 amide bonds. The molecule has 0 radical (unpaired) electrons. The molecule has 58 heavy (non-hydrogen) atoms. The quantitative estimate of drug-likeness (QED) is 0.0836. The number of nitriles is 1. The Hall–Kier alpha value is -5.48. The molecular weight excluding hydrogens is 782 g/mol. The average molecular weight is 825 g/mol. The number of piperidine rings is 1. The van der Waals surface area contributed by atoms with Crippen LogP contribution in [0.4, 0.5) is 18.0 Å². The Kier molecular flexibility index (Phi) is 15.6. The van der Waals surface area contributed by atoms with Gasteiger partial charge in [0.1, 0.15) is 30.1 Å². The lowest BCUT2D eigenvalue weighted by atomic mass is 9.89. The van der Waals surface area contributed by atoms with Gasteiger partial charge in [-0.25, -0.2) is 32.4 Å². The highest BCUT2D eigenvalue weighted by Crippen LogP contribution is 2.42. The zero-order chi connectivity index (χ0) is 41.7. The fourth-order valence-corrected chi connectivity index (χ4v) is 7.70.